The molecule has 2 aromatic carbocycles. The molecule has 20 heavy (non-hydrogen) atoms. The topological polar surface area (TPSA) is 54.9 Å². The highest BCUT2D eigenvalue weighted by molar-refractivity contribution is 6.29. The number of amides is 1. The molecule has 4 nitrogen and oxygen atoms in total. The van der Waals surface area contributed by atoms with Crippen LogP contribution >= 0.6 is 11.6 Å². The second-order valence-electron chi connectivity index (χ2n) is 4.21. The van der Waals surface area contributed by atoms with Gasteiger partial charge < -0.3 is 5.32 Å². The van der Waals surface area contributed by atoms with Gasteiger partial charge in [0, 0.05) is 11.1 Å². The number of carbonyl (C=O) groups is 1. The Morgan fingerprint density at radius 1 is 1.00 bits per heavy atom. The molecule has 0 unspecified atom stereocenters. The van der Waals surface area contributed by atoms with Crippen LogP contribution in [0.3, 0.4) is 0 Å². The van der Waals surface area contributed by atoms with E-state index < -0.39 is 0 Å². The average Bonchev–Trinajstić information content (AvgIpc) is 2.48. The Morgan fingerprint density at radius 2 is 1.80 bits per heavy atom. The van der Waals surface area contributed by atoms with E-state index in [9.17, 15) is 4.79 Å². The van der Waals surface area contributed by atoms with Gasteiger partial charge in [-0.3, -0.25) is 4.79 Å². The standard InChI is InChI=1S/C15H10ClN3O/c16-14-9-17-13(8-18-14)15(20)19-12-7-3-5-10-4-1-2-6-11(10)12/h1-9H,(H,19,20). The SMILES string of the molecule is O=C(Nc1cccc2ccccc12)c1cnc(Cl)cn1. The molecular weight excluding hydrogens is 274 g/mol. The fourth-order valence-electron chi connectivity index (χ4n) is 1.95. The predicted octanol–water partition coefficient (Wildman–Crippen LogP) is 3.54. The van der Waals surface area contributed by atoms with Gasteiger partial charge in [0.25, 0.3) is 5.91 Å². The molecule has 0 aliphatic heterocycles. The van der Waals surface area contributed by atoms with Crippen LogP contribution in [0.5, 0.6) is 0 Å². The highest BCUT2D eigenvalue weighted by Gasteiger charge is 2.09. The van der Waals surface area contributed by atoms with Gasteiger partial charge in [-0.05, 0) is 11.5 Å². The largest absolute Gasteiger partial charge is 0.320 e. The number of rotatable bonds is 2. The molecule has 0 bridgehead atoms. The Hall–Kier alpha value is -2.46. The molecule has 5 heteroatoms. The minimum Gasteiger partial charge on any atom is -0.320 e. The van der Waals surface area contributed by atoms with Crippen LogP contribution in [0.15, 0.2) is 54.9 Å². The molecule has 1 N–H and O–H groups in total. The Morgan fingerprint density at radius 3 is 2.60 bits per heavy atom. The van der Waals surface area contributed by atoms with Crippen molar-refractivity contribution < 1.29 is 4.79 Å². The maximum Gasteiger partial charge on any atom is 0.275 e. The molecule has 0 saturated heterocycles. The Labute approximate surface area is 120 Å². The fourth-order valence-corrected chi connectivity index (χ4v) is 2.05. The lowest BCUT2D eigenvalue weighted by molar-refractivity contribution is 0.102. The van der Waals surface area contributed by atoms with Crippen LogP contribution in [-0.2, 0) is 0 Å². The van der Waals surface area contributed by atoms with Crippen molar-refractivity contribution in [2.45, 2.75) is 0 Å². The molecule has 3 aromatic rings. The molecule has 0 saturated carbocycles. The summed E-state index contributed by atoms with van der Waals surface area (Å²) in [7, 11) is 0. The van der Waals surface area contributed by atoms with Crippen molar-refractivity contribution >= 4 is 34.0 Å². The van der Waals surface area contributed by atoms with Crippen molar-refractivity contribution in [1.82, 2.24) is 9.97 Å². The number of fused-ring (bicyclic) bond motifs is 1. The summed E-state index contributed by atoms with van der Waals surface area (Å²) in [6.07, 6.45) is 2.70. The third kappa shape index (κ3) is 2.46. The van der Waals surface area contributed by atoms with Gasteiger partial charge in [-0.15, -0.1) is 0 Å². The van der Waals surface area contributed by atoms with Crippen LogP contribution in [0, 0.1) is 0 Å². The zero-order valence-electron chi connectivity index (χ0n) is 10.4. The van der Waals surface area contributed by atoms with Gasteiger partial charge in [0.05, 0.1) is 12.4 Å². The molecule has 98 valence electrons. The van der Waals surface area contributed by atoms with E-state index in [4.69, 9.17) is 11.6 Å². The zero-order valence-corrected chi connectivity index (χ0v) is 11.1. The van der Waals surface area contributed by atoms with E-state index in [1.807, 2.05) is 42.5 Å². The first-order chi connectivity index (χ1) is 9.74. The van der Waals surface area contributed by atoms with E-state index >= 15 is 0 Å². The van der Waals surface area contributed by atoms with Gasteiger partial charge in [0.15, 0.2) is 0 Å². The minimum absolute atomic E-state index is 0.224. The molecule has 0 fully saturated rings. The van der Waals surface area contributed by atoms with Crippen molar-refractivity contribution in [2.24, 2.45) is 0 Å². The fraction of sp³-hybridized carbons (Fsp3) is 0. The second-order valence-corrected chi connectivity index (χ2v) is 4.59. The first-order valence-corrected chi connectivity index (χ1v) is 6.38. The number of halogens is 1. The van der Waals surface area contributed by atoms with Crippen LogP contribution < -0.4 is 5.32 Å². The molecule has 1 aromatic heterocycles. The van der Waals surface area contributed by atoms with Crippen LogP contribution in [-0.4, -0.2) is 15.9 Å². The molecule has 0 atom stereocenters. The molecule has 0 spiro atoms. The van der Waals surface area contributed by atoms with Crippen molar-refractivity contribution in [3.8, 4) is 0 Å². The third-order valence-electron chi connectivity index (χ3n) is 2.89. The molecule has 0 aliphatic carbocycles. The van der Waals surface area contributed by atoms with Crippen LogP contribution in [0.25, 0.3) is 10.8 Å². The summed E-state index contributed by atoms with van der Waals surface area (Å²) in [6.45, 7) is 0. The quantitative estimate of drug-likeness (QED) is 0.783. The molecule has 1 amide bonds. The van der Waals surface area contributed by atoms with Gasteiger partial charge in [-0.1, -0.05) is 48.0 Å². The van der Waals surface area contributed by atoms with Crippen molar-refractivity contribution in [3.63, 3.8) is 0 Å². The summed E-state index contributed by atoms with van der Waals surface area (Å²) in [5, 5.41) is 5.13. The van der Waals surface area contributed by atoms with Crippen molar-refractivity contribution in [2.75, 3.05) is 5.32 Å². The lowest BCUT2D eigenvalue weighted by Crippen LogP contribution is -2.14. The monoisotopic (exact) mass is 283 g/mol. The Kier molecular flexibility index (Phi) is 3.31. The van der Waals surface area contributed by atoms with E-state index in [2.05, 4.69) is 15.3 Å². The number of benzene rings is 2. The van der Waals surface area contributed by atoms with E-state index in [0.29, 0.717) is 0 Å². The summed E-state index contributed by atoms with van der Waals surface area (Å²) < 4.78 is 0. The molecular formula is C15H10ClN3O. The maximum absolute atomic E-state index is 12.1. The minimum atomic E-state index is -0.314. The van der Waals surface area contributed by atoms with Gasteiger partial charge in [-0.25, -0.2) is 9.97 Å². The first-order valence-electron chi connectivity index (χ1n) is 6.01. The first kappa shape index (κ1) is 12.6. The highest BCUT2D eigenvalue weighted by atomic mass is 35.5. The van der Waals surface area contributed by atoms with Gasteiger partial charge in [-0.2, -0.15) is 0 Å². The number of nitrogens with zero attached hydrogens (tertiary/aromatic N) is 2. The summed E-state index contributed by atoms with van der Waals surface area (Å²) in [6, 6.07) is 13.6. The maximum atomic E-state index is 12.1. The molecule has 0 aliphatic rings. The molecule has 3 rings (SSSR count). The van der Waals surface area contributed by atoms with Gasteiger partial charge in [0.1, 0.15) is 10.8 Å². The summed E-state index contributed by atoms with van der Waals surface area (Å²) >= 11 is 5.65. The Balaban J connectivity index is 1.93. The van der Waals surface area contributed by atoms with E-state index in [1.54, 1.807) is 0 Å². The summed E-state index contributed by atoms with van der Waals surface area (Å²) in [4.78, 5) is 19.9. The van der Waals surface area contributed by atoms with Crippen LogP contribution in [0.2, 0.25) is 5.15 Å². The number of hydrogen-bond acceptors (Lipinski definition) is 3. The van der Waals surface area contributed by atoms with E-state index in [0.717, 1.165) is 16.5 Å². The van der Waals surface area contributed by atoms with E-state index in [-0.39, 0.29) is 16.8 Å². The zero-order chi connectivity index (χ0) is 13.9. The summed E-state index contributed by atoms with van der Waals surface area (Å²) in [5.41, 5.74) is 0.965. The van der Waals surface area contributed by atoms with Crippen LogP contribution in [0.4, 0.5) is 5.69 Å². The van der Waals surface area contributed by atoms with Crippen LogP contribution in [0.1, 0.15) is 10.5 Å². The molecule has 0 radical (unpaired) electrons. The average molecular weight is 284 g/mol. The summed E-state index contributed by atoms with van der Waals surface area (Å²) in [5.74, 6) is -0.314. The predicted molar refractivity (Wildman–Crippen MR) is 78.9 cm³/mol. The Bertz CT molecular complexity index is 766. The molecule has 1 heterocycles. The number of carbonyl (C=O) groups excluding carboxylic acids is 1. The van der Waals surface area contributed by atoms with Crippen molar-refractivity contribution in [1.29, 1.82) is 0 Å². The number of anilines is 1. The normalized spacial score (nSPS) is 10.4. The van der Waals surface area contributed by atoms with E-state index in [1.165, 1.54) is 12.4 Å². The number of hydrogen-bond donors (Lipinski definition) is 1. The third-order valence-corrected chi connectivity index (χ3v) is 3.09. The van der Waals surface area contributed by atoms with Gasteiger partial charge in [0.2, 0.25) is 0 Å². The van der Waals surface area contributed by atoms with Gasteiger partial charge >= 0.3 is 0 Å². The smallest absolute Gasteiger partial charge is 0.275 e. The second kappa shape index (κ2) is 5.27. The number of nitrogens with one attached hydrogen (secondary N) is 1. The van der Waals surface area contributed by atoms with Crippen molar-refractivity contribution in [3.05, 3.63) is 65.7 Å². The number of aromatic nitrogens is 2. The highest BCUT2D eigenvalue weighted by Crippen LogP contribution is 2.23. The lowest BCUT2D eigenvalue weighted by atomic mass is 10.1. The lowest BCUT2D eigenvalue weighted by Gasteiger charge is -2.08.